The number of ether oxygens (including phenoxy) is 1. The van der Waals surface area contributed by atoms with Gasteiger partial charge in [-0.05, 0) is 38.8 Å². The van der Waals surface area contributed by atoms with Crippen LogP contribution in [0.3, 0.4) is 0 Å². The quantitative estimate of drug-likeness (QED) is 0.780. The molecule has 1 aliphatic rings. The lowest BCUT2D eigenvalue weighted by atomic mass is 9.97. The number of hydrogen-bond acceptors (Lipinski definition) is 4. The van der Waals surface area contributed by atoms with Gasteiger partial charge >= 0.3 is 0 Å². The van der Waals surface area contributed by atoms with Gasteiger partial charge in [-0.15, -0.1) is 0 Å². The summed E-state index contributed by atoms with van der Waals surface area (Å²) in [5.41, 5.74) is 2.22. The maximum atomic E-state index is 6.34. The van der Waals surface area contributed by atoms with Crippen LogP contribution in [0.25, 0.3) is 0 Å². The molecule has 5 nitrogen and oxygen atoms in total. The van der Waals surface area contributed by atoms with E-state index in [2.05, 4.69) is 15.3 Å². The third-order valence-corrected chi connectivity index (χ3v) is 4.64. The molecule has 1 atom stereocenters. The molecular formula is C15H27ClN4O. The van der Waals surface area contributed by atoms with Gasteiger partial charge in [0.2, 0.25) is 0 Å². The number of methoxy groups -OCH3 is 1. The van der Waals surface area contributed by atoms with Crippen LogP contribution in [0.1, 0.15) is 24.1 Å². The zero-order chi connectivity index (χ0) is 15.2. The van der Waals surface area contributed by atoms with Gasteiger partial charge in [-0.2, -0.15) is 5.10 Å². The number of nitrogens with zero attached hydrogens (tertiary/aromatic N) is 3. The topological polar surface area (TPSA) is 42.3 Å². The van der Waals surface area contributed by atoms with Gasteiger partial charge in [0.05, 0.1) is 12.3 Å². The number of halogens is 1. The summed E-state index contributed by atoms with van der Waals surface area (Å²) in [7, 11) is 3.64. The molecule has 1 aromatic heterocycles. The molecule has 1 saturated heterocycles. The van der Waals surface area contributed by atoms with Crippen molar-refractivity contribution in [2.75, 3.05) is 39.9 Å². The van der Waals surface area contributed by atoms with Crippen LogP contribution >= 0.6 is 11.6 Å². The maximum absolute atomic E-state index is 6.34. The number of aromatic nitrogens is 2. The fourth-order valence-corrected chi connectivity index (χ4v) is 3.25. The monoisotopic (exact) mass is 314 g/mol. The first kappa shape index (κ1) is 16.7. The van der Waals surface area contributed by atoms with Crippen molar-refractivity contribution in [2.24, 2.45) is 13.0 Å². The fraction of sp³-hybridized carbons (Fsp3) is 0.800. The van der Waals surface area contributed by atoms with Crippen LogP contribution in [0.15, 0.2) is 0 Å². The van der Waals surface area contributed by atoms with E-state index in [0.29, 0.717) is 5.92 Å². The molecule has 6 heteroatoms. The average Bonchev–Trinajstić information content (AvgIpc) is 2.71. The van der Waals surface area contributed by atoms with E-state index in [4.69, 9.17) is 16.3 Å². The zero-order valence-corrected chi connectivity index (χ0v) is 14.1. The molecule has 0 bridgehead atoms. The van der Waals surface area contributed by atoms with Crippen molar-refractivity contribution in [3.05, 3.63) is 16.4 Å². The first-order chi connectivity index (χ1) is 10.1. The number of aryl methyl sites for hydroxylation is 2. The van der Waals surface area contributed by atoms with E-state index in [1.807, 2.05) is 14.0 Å². The Morgan fingerprint density at radius 2 is 2.29 bits per heavy atom. The van der Waals surface area contributed by atoms with Gasteiger partial charge in [0.1, 0.15) is 5.15 Å². The molecular weight excluding hydrogens is 288 g/mol. The smallest absolute Gasteiger partial charge is 0.131 e. The Labute approximate surface area is 132 Å². The molecule has 21 heavy (non-hydrogen) atoms. The van der Waals surface area contributed by atoms with E-state index in [1.165, 1.54) is 18.4 Å². The molecule has 1 fully saturated rings. The lowest BCUT2D eigenvalue weighted by molar-refractivity contribution is 0.159. The number of nitrogens with one attached hydrogen (secondary N) is 1. The van der Waals surface area contributed by atoms with Crippen LogP contribution in [-0.4, -0.2) is 54.6 Å². The predicted molar refractivity (Wildman–Crippen MR) is 85.7 cm³/mol. The second-order valence-electron chi connectivity index (χ2n) is 5.92. The Balaban J connectivity index is 1.83. The number of likely N-dealkylation sites (tertiary alicyclic amines) is 1. The van der Waals surface area contributed by atoms with Gasteiger partial charge in [0.25, 0.3) is 0 Å². The van der Waals surface area contributed by atoms with Crippen molar-refractivity contribution in [3.8, 4) is 0 Å². The SMILES string of the molecule is COCCNCC1CCCN(Cc2c(C)nn(C)c2Cl)C1. The summed E-state index contributed by atoms with van der Waals surface area (Å²) in [4.78, 5) is 2.50. The van der Waals surface area contributed by atoms with E-state index in [9.17, 15) is 0 Å². The van der Waals surface area contributed by atoms with E-state index in [1.54, 1.807) is 11.8 Å². The van der Waals surface area contributed by atoms with Crippen molar-refractivity contribution >= 4 is 11.6 Å². The Kier molecular flexibility index (Phi) is 6.48. The molecule has 2 heterocycles. The van der Waals surface area contributed by atoms with E-state index in [0.717, 1.165) is 50.2 Å². The highest BCUT2D eigenvalue weighted by Crippen LogP contribution is 2.23. The minimum Gasteiger partial charge on any atom is -0.383 e. The number of piperidine rings is 1. The van der Waals surface area contributed by atoms with Gasteiger partial charge in [-0.3, -0.25) is 9.58 Å². The molecule has 1 unspecified atom stereocenters. The summed E-state index contributed by atoms with van der Waals surface area (Å²) in [5.74, 6) is 0.714. The molecule has 1 aromatic rings. The number of hydrogen-bond donors (Lipinski definition) is 1. The third-order valence-electron chi connectivity index (χ3n) is 4.17. The Morgan fingerprint density at radius 1 is 1.48 bits per heavy atom. The highest BCUT2D eigenvalue weighted by atomic mass is 35.5. The molecule has 0 spiro atoms. The predicted octanol–water partition coefficient (Wildman–Crippen LogP) is 1.83. The van der Waals surface area contributed by atoms with Crippen molar-refractivity contribution in [1.82, 2.24) is 20.0 Å². The molecule has 120 valence electrons. The Bertz CT molecular complexity index is 449. The summed E-state index contributed by atoms with van der Waals surface area (Å²) >= 11 is 6.34. The zero-order valence-electron chi connectivity index (χ0n) is 13.4. The van der Waals surface area contributed by atoms with E-state index >= 15 is 0 Å². The second kappa shape index (κ2) is 8.13. The lowest BCUT2D eigenvalue weighted by Gasteiger charge is -2.32. The second-order valence-corrected chi connectivity index (χ2v) is 6.28. The molecule has 0 radical (unpaired) electrons. The highest BCUT2D eigenvalue weighted by molar-refractivity contribution is 6.30. The van der Waals surface area contributed by atoms with Crippen molar-refractivity contribution in [1.29, 1.82) is 0 Å². The average molecular weight is 315 g/mol. The summed E-state index contributed by atoms with van der Waals surface area (Å²) < 4.78 is 6.83. The van der Waals surface area contributed by atoms with Gasteiger partial charge < -0.3 is 10.1 Å². The summed E-state index contributed by atoms with van der Waals surface area (Å²) in [6.07, 6.45) is 2.56. The third kappa shape index (κ3) is 4.68. The molecule has 0 aliphatic carbocycles. The van der Waals surface area contributed by atoms with Gasteiger partial charge in [0, 0.05) is 39.4 Å². The largest absolute Gasteiger partial charge is 0.383 e. The van der Waals surface area contributed by atoms with Crippen molar-refractivity contribution in [2.45, 2.75) is 26.3 Å². The lowest BCUT2D eigenvalue weighted by Crippen LogP contribution is -2.39. The van der Waals surface area contributed by atoms with E-state index in [-0.39, 0.29) is 0 Å². The molecule has 2 rings (SSSR count). The van der Waals surface area contributed by atoms with Crippen LogP contribution in [-0.2, 0) is 18.3 Å². The van der Waals surface area contributed by atoms with Crippen LogP contribution in [0.2, 0.25) is 5.15 Å². The standard InChI is InChI=1S/C15H27ClN4O/c1-12-14(15(16)19(2)18-12)11-20-7-4-5-13(10-20)9-17-6-8-21-3/h13,17H,4-11H2,1-3H3. The summed E-state index contributed by atoms with van der Waals surface area (Å²) in [6.45, 7) is 8.01. The molecule has 0 amide bonds. The molecule has 0 saturated carbocycles. The maximum Gasteiger partial charge on any atom is 0.131 e. The van der Waals surface area contributed by atoms with Gasteiger partial charge in [-0.1, -0.05) is 11.6 Å². The highest BCUT2D eigenvalue weighted by Gasteiger charge is 2.22. The summed E-state index contributed by atoms with van der Waals surface area (Å²) in [5, 5.41) is 8.64. The minimum absolute atomic E-state index is 0.714. The normalized spacial score (nSPS) is 20.1. The molecule has 1 N–H and O–H groups in total. The first-order valence-electron chi connectivity index (χ1n) is 7.71. The minimum atomic E-state index is 0.714. The summed E-state index contributed by atoms with van der Waals surface area (Å²) in [6, 6.07) is 0. The van der Waals surface area contributed by atoms with Crippen LogP contribution in [0.5, 0.6) is 0 Å². The van der Waals surface area contributed by atoms with Crippen LogP contribution in [0.4, 0.5) is 0 Å². The van der Waals surface area contributed by atoms with Gasteiger partial charge in [-0.25, -0.2) is 0 Å². The van der Waals surface area contributed by atoms with Crippen molar-refractivity contribution in [3.63, 3.8) is 0 Å². The number of rotatable bonds is 7. The molecule has 1 aliphatic heterocycles. The Morgan fingerprint density at radius 3 is 2.95 bits per heavy atom. The Hall–Kier alpha value is -0.620. The van der Waals surface area contributed by atoms with Crippen molar-refractivity contribution < 1.29 is 4.74 Å². The van der Waals surface area contributed by atoms with Crippen LogP contribution in [0, 0.1) is 12.8 Å². The van der Waals surface area contributed by atoms with Gasteiger partial charge in [0.15, 0.2) is 0 Å². The van der Waals surface area contributed by atoms with E-state index < -0.39 is 0 Å². The fourth-order valence-electron chi connectivity index (χ4n) is 3.02. The molecule has 0 aromatic carbocycles. The van der Waals surface area contributed by atoms with Crippen LogP contribution < -0.4 is 5.32 Å². The first-order valence-corrected chi connectivity index (χ1v) is 8.09.